The van der Waals surface area contributed by atoms with Crippen molar-refractivity contribution >= 4 is 47.3 Å². The van der Waals surface area contributed by atoms with Crippen LogP contribution >= 0.6 is 0 Å². The number of hydrogen-bond acceptors (Lipinski definition) is 6. The first kappa shape index (κ1) is 40.3. The van der Waals surface area contributed by atoms with Crippen LogP contribution < -0.4 is 10.4 Å². The Morgan fingerprint density at radius 3 is 1.46 bits per heavy atom. The minimum Gasteiger partial charge on any atom is -0.443 e. The van der Waals surface area contributed by atoms with Gasteiger partial charge in [0.2, 0.25) is 0 Å². The van der Waals surface area contributed by atoms with E-state index in [-0.39, 0.29) is 21.7 Å². The highest BCUT2D eigenvalue weighted by atomic mass is 28.4. The van der Waals surface area contributed by atoms with Gasteiger partial charge in [0.15, 0.2) is 22.7 Å². The predicted molar refractivity (Wildman–Crippen MR) is 205 cm³/mol. The molecule has 10 heteroatoms. The van der Waals surface area contributed by atoms with Crippen LogP contribution in [0.1, 0.15) is 83.1 Å². The summed E-state index contributed by atoms with van der Waals surface area (Å²) in [5, 5.41) is 1.61. The fourth-order valence-corrected chi connectivity index (χ4v) is 12.9. The molecule has 0 aliphatic carbocycles. The number of imide groups is 1. The first-order valence-electron chi connectivity index (χ1n) is 17.3. The van der Waals surface area contributed by atoms with Gasteiger partial charge in [-0.3, -0.25) is 4.79 Å². The average molecular weight is 714 g/mol. The van der Waals surface area contributed by atoms with Crippen molar-refractivity contribution in [1.82, 2.24) is 4.90 Å². The largest absolute Gasteiger partial charge is 0.443 e. The molecule has 0 saturated carbocycles. The number of hydrogen-bond donors (Lipinski definition) is 0. The van der Waals surface area contributed by atoms with Crippen LogP contribution in [0.4, 0.5) is 4.79 Å². The second kappa shape index (κ2) is 13.9. The van der Waals surface area contributed by atoms with Crippen LogP contribution in [-0.4, -0.2) is 72.3 Å². The van der Waals surface area contributed by atoms with E-state index in [4.69, 9.17) is 18.0 Å². The van der Waals surface area contributed by atoms with E-state index in [0.717, 1.165) is 10.4 Å². The standard InChI is InChI=1S/C38H63NO6Si3/c1-35(2,3)43-34(41)39-30(27-42-48(38(10,11)12,28-23-19-17-20-24-28)29-25-21-18-22-26-29)31(44-46(13,14)36(4,5)6)32(33(39)40)45-47(15,16)37(7,8)9/h17-26,30-32H,27H2,1-16H3/t30-,31-,32+/m1/s1. The Hall–Kier alpha value is -2.09. The Morgan fingerprint density at radius 2 is 1.08 bits per heavy atom. The second-order valence-corrected chi connectivity index (χ2v) is 32.2. The van der Waals surface area contributed by atoms with Crippen molar-refractivity contribution in [1.29, 1.82) is 0 Å². The second-order valence-electron chi connectivity index (χ2n) is 18.4. The SMILES string of the molecule is CC(C)(C)OC(=O)N1C(=O)[C@@H](O[Si](C)(C)C(C)(C)C)[C@H](O[Si](C)(C)C(C)(C)C)[C@H]1CO[Si](c1ccccc1)(c1ccccc1)C(C)(C)C. The highest BCUT2D eigenvalue weighted by Crippen LogP contribution is 2.44. The van der Waals surface area contributed by atoms with Gasteiger partial charge >= 0.3 is 6.09 Å². The van der Waals surface area contributed by atoms with Crippen molar-refractivity contribution in [2.75, 3.05) is 6.61 Å². The Bertz CT molecular complexity index is 1360. The van der Waals surface area contributed by atoms with Crippen LogP contribution in [0.3, 0.4) is 0 Å². The lowest BCUT2D eigenvalue weighted by molar-refractivity contribution is -0.134. The number of amides is 2. The minimum atomic E-state index is -3.04. The minimum absolute atomic E-state index is 0.0783. The molecule has 1 aliphatic rings. The van der Waals surface area contributed by atoms with Gasteiger partial charge in [0.05, 0.1) is 12.6 Å². The van der Waals surface area contributed by atoms with Crippen LogP contribution in [0.2, 0.25) is 41.3 Å². The highest BCUT2D eigenvalue weighted by molar-refractivity contribution is 6.99. The lowest BCUT2D eigenvalue weighted by Gasteiger charge is -2.45. The van der Waals surface area contributed by atoms with Gasteiger partial charge in [-0.05, 0) is 72.4 Å². The summed E-state index contributed by atoms with van der Waals surface area (Å²) in [5.74, 6) is -0.422. The van der Waals surface area contributed by atoms with E-state index in [2.05, 4.69) is 113 Å². The lowest BCUT2D eigenvalue weighted by atomic mass is 10.1. The molecular formula is C38H63NO6Si3. The van der Waals surface area contributed by atoms with Gasteiger partial charge in [0.25, 0.3) is 14.2 Å². The van der Waals surface area contributed by atoms with Crippen LogP contribution in [0.25, 0.3) is 0 Å². The summed E-state index contributed by atoms with van der Waals surface area (Å²) in [6, 6.07) is 20.0. The molecule has 0 spiro atoms. The van der Waals surface area contributed by atoms with Crippen molar-refractivity contribution < 1.29 is 27.6 Å². The number of likely N-dealkylation sites (tertiary alicyclic amines) is 1. The molecule has 0 N–H and O–H groups in total. The van der Waals surface area contributed by atoms with Gasteiger partial charge in [-0.2, -0.15) is 0 Å². The molecule has 48 heavy (non-hydrogen) atoms. The zero-order chi connectivity index (χ0) is 36.7. The normalized spacial score (nSPS) is 20.3. The zero-order valence-electron chi connectivity index (χ0n) is 32.6. The van der Waals surface area contributed by atoms with Crippen LogP contribution in [0.15, 0.2) is 60.7 Å². The van der Waals surface area contributed by atoms with E-state index in [1.807, 2.05) is 57.2 Å². The monoisotopic (exact) mass is 713 g/mol. The van der Waals surface area contributed by atoms with Crippen molar-refractivity contribution in [2.24, 2.45) is 0 Å². The third-order valence-electron chi connectivity index (χ3n) is 10.4. The third-order valence-corrected chi connectivity index (χ3v) is 24.4. The Balaban J connectivity index is 2.29. The molecule has 2 amide bonds. The lowest BCUT2D eigenvalue weighted by Crippen LogP contribution is -2.67. The smallest absolute Gasteiger partial charge is 0.417 e. The van der Waals surface area contributed by atoms with Gasteiger partial charge in [0, 0.05) is 0 Å². The number of rotatable bonds is 9. The molecule has 3 atom stereocenters. The first-order valence-corrected chi connectivity index (χ1v) is 25.1. The number of carbonyl (C=O) groups excluding carboxylic acids is 2. The Kier molecular flexibility index (Phi) is 11.7. The third kappa shape index (κ3) is 8.43. The van der Waals surface area contributed by atoms with Crippen molar-refractivity contribution in [3.63, 3.8) is 0 Å². The quantitative estimate of drug-likeness (QED) is 0.243. The van der Waals surface area contributed by atoms with E-state index in [9.17, 15) is 9.59 Å². The number of nitrogens with zero attached hydrogens (tertiary/aromatic N) is 1. The fourth-order valence-electron chi connectivity index (χ4n) is 5.74. The summed E-state index contributed by atoms with van der Waals surface area (Å²) in [5.41, 5.74) is -0.811. The fraction of sp³-hybridized carbons (Fsp3) is 0.632. The van der Waals surface area contributed by atoms with Crippen molar-refractivity contribution in [3.8, 4) is 0 Å². The van der Waals surface area contributed by atoms with Gasteiger partial charge in [-0.1, -0.05) is 123 Å². The van der Waals surface area contributed by atoms with Gasteiger partial charge in [0.1, 0.15) is 11.7 Å². The van der Waals surface area contributed by atoms with Crippen molar-refractivity contribution in [3.05, 3.63) is 60.7 Å². The van der Waals surface area contributed by atoms with Gasteiger partial charge < -0.3 is 18.0 Å². The molecule has 1 aliphatic heterocycles. The van der Waals surface area contributed by atoms with Gasteiger partial charge in [-0.25, -0.2) is 9.69 Å². The molecule has 2 aromatic carbocycles. The van der Waals surface area contributed by atoms with Crippen LogP contribution in [0.5, 0.6) is 0 Å². The summed E-state index contributed by atoms with van der Waals surface area (Å²) in [6.45, 7) is 33.8. The maximum Gasteiger partial charge on any atom is 0.417 e. The molecule has 1 heterocycles. The van der Waals surface area contributed by atoms with Crippen molar-refractivity contribution in [2.45, 2.75) is 148 Å². The molecule has 268 valence electrons. The summed E-state index contributed by atoms with van der Waals surface area (Å²) in [4.78, 5) is 30.0. The average Bonchev–Trinajstić information content (AvgIpc) is 3.16. The van der Waals surface area contributed by atoms with Gasteiger partial charge in [-0.15, -0.1) is 0 Å². The predicted octanol–water partition coefficient (Wildman–Crippen LogP) is 8.49. The Morgan fingerprint density at radius 1 is 0.667 bits per heavy atom. The first-order chi connectivity index (χ1) is 21.7. The molecule has 1 fully saturated rings. The topological polar surface area (TPSA) is 74.3 Å². The maximum atomic E-state index is 14.7. The summed E-state index contributed by atoms with van der Waals surface area (Å²) in [7, 11) is -8.04. The molecule has 0 aromatic heterocycles. The molecule has 0 unspecified atom stereocenters. The maximum absolute atomic E-state index is 14.7. The van der Waals surface area contributed by atoms with Crippen LogP contribution in [0, 0.1) is 0 Å². The highest BCUT2D eigenvalue weighted by Gasteiger charge is 2.60. The molecule has 1 saturated heterocycles. The number of benzene rings is 2. The zero-order valence-corrected chi connectivity index (χ0v) is 35.6. The van der Waals surface area contributed by atoms with E-state index >= 15 is 0 Å². The van der Waals surface area contributed by atoms with E-state index in [1.165, 1.54) is 4.90 Å². The Labute approximate surface area is 294 Å². The molecule has 7 nitrogen and oxygen atoms in total. The van der Waals surface area contributed by atoms with Crippen LogP contribution in [-0.2, 0) is 22.8 Å². The molecule has 3 rings (SSSR count). The summed E-state index contributed by atoms with van der Waals surface area (Å²) < 4.78 is 27.5. The molecule has 0 radical (unpaired) electrons. The molecule has 0 bridgehead atoms. The summed E-state index contributed by atoms with van der Waals surface area (Å²) >= 11 is 0. The van der Waals surface area contributed by atoms with E-state index < -0.39 is 60.8 Å². The number of ether oxygens (including phenoxy) is 1. The summed E-state index contributed by atoms with van der Waals surface area (Å²) in [6.07, 6.45) is -2.41. The molecule has 2 aromatic rings. The van der Waals surface area contributed by atoms with E-state index in [0.29, 0.717) is 0 Å². The number of carbonyl (C=O) groups is 2. The molecular weight excluding hydrogens is 651 g/mol. The van der Waals surface area contributed by atoms with E-state index in [1.54, 1.807) is 0 Å².